The molecular formula is C29H34BrN3O4S. The first-order chi connectivity index (χ1) is 17.9. The lowest BCUT2D eigenvalue weighted by Crippen LogP contribution is -2.52. The van der Waals surface area contributed by atoms with Crippen LogP contribution in [-0.4, -0.2) is 43.8 Å². The molecule has 9 heteroatoms. The molecule has 0 aromatic heterocycles. The number of nitrogens with one attached hydrogen (secondary N) is 1. The van der Waals surface area contributed by atoms with E-state index in [2.05, 4.69) is 21.2 Å². The molecule has 0 aliphatic heterocycles. The first kappa shape index (κ1) is 29.4. The van der Waals surface area contributed by atoms with Gasteiger partial charge in [-0.1, -0.05) is 57.9 Å². The van der Waals surface area contributed by atoms with Gasteiger partial charge >= 0.3 is 0 Å². The highest BCUT2D eigenvalue weighted by Gasteiger charge is 2.32. The lowest BCUT2D eigenvalue weighted by Gasteiger charge is -2.32. The normalized spacial score (nSPS) is 12.2. The van der Waals surface area contributed by atoms with E-state index >= 15 is 0 Å². The number of rotatable bonds is 10. The molecule has 0 saturated heterocycles. The molecule has 3 rings (SSSR count). The minimum absolute atomic E-state index is 0.0786. The Morgan fingerprint density at radius 1 is 0.895 bits per heavy atom. The fourth-order valence-electron chi connectivity index (χ4n) is 3.93. The molecule has 38 heavy (non-hydrogen) atoms. The molecule has 1 atom stereocenters. The molecule has 0 spiro atoms. The standard InChI is InChI=1S/C29H34BrN3O4S/c1-20(2)31-29(35)23(5)32(18-24-9-7-6-8-22(24)4)28(34)19-33(26-14-12-25(30)13-15-26)38(36,37)27-16-10-21(3)11-17-27/h6-17,20,23H,18-19H2,1-5H3,(H,31,35)/t23-/m1/s1. The predicted molar refractivity (Wildman–Crippen MR) is 154 cm³/mol. The third-order valence-corrected chi connectivity index (χ3v) is 8.52. The summed E-state index contributed by atoms with van der Waals surface area (Å²) in [7, 11) is -4.09. The Kier molecular flexibility index (Phi) is 9.73. The van der Waals surface area contributed by atoms with E-state index in [9.17, 15) is 18.0 Å². The van der Waals surface area contributed by atoms with Crippen LogP contribution in [0, 0.1) is 13.8 Å². The third-order valence-electron chi connectivity index (χ3n) is 6.20. The Morgan fingerprint density at radius 2 is 1.50 bits per heavy atom. The number of nitrogens with zero attached hydrogens (tertiary/aromatic N) is 2. The van der Waals surface area contributed by atoms with Gasteiger partial charge in [-0.3, -0.25) is 13.9 Å². The van der Waals surface area contributed by atoms with Crippen molar-refractivity contribution in [3.05, 3.63) is 94.0 Å². The van der Waals surface area contributed by atoms with Gasteiger partial charge in [-0.05, 0) is 82.1 Å². The number of amides is 2. The van der Waals surface area contributed by atoms with E-state index < -0.39 is 28.5 Å². The molecule has 202 valence electrons. The van der Waals surface area contributed by atoms with Crippen molar-refractivity contribution in [3.63, 3.8) is 0 Å². The number of hydrogen-bond acceptors (Lipinski definition) is 4. The summed E-state index contributed by atoms with van der Waals surface area (Å²) in [6, 6.07) is 19.9. The van der Waals surface area contributed by atoms with Crippen molar-refractivity contribution in [1.29, 1.82) is 0 Å². The Bertz CT molecular complexity index is 1370. The summed E-state index contributed by atoms with van der Waals surface area (Å²) in [5, 5.41) is 2.86. The Labute approximate surface area is 234 Å². The zero-order valence-corrected chi connectivity index (χ0v) is 24.7. The monoisotopic (exact) mass is 599 g/mol. The maximum Gasteiger partial charge on any atom is 0.264 e. The van der Waals surface area contributed by atoms with Gasteiger partial charge in [0.25, 0.3) is 10.0 Å². The zero-order chi connectivity index (χ0) is 28.0. The predicted octanol–water partition coefficient (Wildman–Crippen LogP) is 5.20. The van der Waals surface area contributed by atoms with Gasteiger partial charge in [0, 0.05) is 17.1 Å². The molecule has 1 N–H and O–H groups in total. The SMILES string of the molecule is Cc1ccc(S(=O)(=O)N(CC(=O)N(Cc2ccccc2C)[C@H](C)C(=O)NC(C)C)c2ccc(Br)cc2)cc1. The van der Waals surface area contributed by atoms with Crippen LogP contribution in [0.15, 0.2) is 82.2 Å². The van der Waals surface area contributed by atoms with E-state index in [4.69, 9.17) is 0 Å². The van der Waals surface area contributed by atoms with Gasteiger partial charge in [0.1, 0.15) is 12.6 Å². The average molecular weight is 601 g/mol. The summed E-state index contributed by atoms with van der Waals surface area (Å²) in [4.78, 5) is 28.4. The molecule has 0 fully saturated rings. The third kappa shape index (κ3) is 7.23. The van der Waals surface area contributed by atoms with Crippen molar-refractivity contribution >= 4 is 43.5 Å². The maximum atomic E-state index is 13.9. The molecule has 3 aromatic rings. The van der Waals surface area contributed by atoms with Gasteiger partial charge in [-0.2, -0.15) is 0 Å². The quantitative estimate of drug-likeness (QED) is 0.347. The van der Waals surface area contributed by atoms with Gasteiger partial charge in [0.2, 0.25) is 11.8 Å². The summed E-state index contributed by atoms with van der Waals surface area (Å²) in [5.74, 6) is -0.795. The topological polar surface area (TPSA) is 86.8 Å². The van der Waals surface area contributed by atoms with E-state index in [1.54, 1.807) is 43.3 Å². The highest BCUT2D eigenvalue weighted by Crippen LogP contribution is 2.26. The van der Waals surface area contributed by atoms with Crippen molar-refractivity contribution < 1.29 is 18.0 Å². The number of aryl methyl sites for hydroxylation is 2. The second kappa shape index (κ2) is 12.6. The number of hydrogen-bond donors (Lipinski definition) is 1. The molecular weight excluding hydrogens is 566 g/mol. The second-order valence-corrected chi connectivity index (χ2v) is 12.4. The molecule has 0 aliphatic rings. The van der Waals surface area contributed by atoms with Crippen LogP contribution < -0.4 is 9.62 Å². The largest absolute Gasteiger partial charge is 0.352 e. The number of anilines is 1. The van der Waals surface area contributed by atoms with Crippen molar-refractivity contribution in [2.75, 3.05) is 10.8 Å². The number of sulfonamides is 1. The first-order valence-corrected chi connectivity index (χ1v) is 14.6. The van der Waals surface area contributed by atoms with Crippen LogP contribution in [0.25, 0.3) is 0 Å². The van der Waals surface area contributed by atoms with Gasteiger partial charge in [0.15, 0.2) is 0 Å². The van der Waals surface area contributed by atoms with Crippen LogP contribution in [0.2, 0.25) is 0 Å². The molecule has 7 nitrogen and oxygen atoms in total. The van der Waals surface area contributed by atoms with E-state index in [1.165, 1.54) is 17.0 Å². The smallest absolute Gasteiger partial charge is 0.264 e. The van der Waals surface area contributed by atoms with E-state index in [0.29, 0.717) is 5.69 Å². The molecule has 0 bridgehead atoms. The molecule has 3 aromatic carbocycles. The minimum Gasteiger partial charge on any atom is -0.352 e. The van der Waals surface area contributed by atoms with Crippen molar-refractivity contribution in [1.82, 2.24) is 10.2 Å². The van der Waals surface area contributed by atoms with Crippen LogP contribution in [0.3, 0.4) is 0 Å². The second-order valence-electron chi connectivity index (χ2n) is 9.59. The van der Waals surface area contributed by atoms with E-state index in [1.807, 2.05) is 52.0 Å². The molecule has 0 saturated carbocycles. The fraction of sp³-hybridized carbons (Fsp3) is 0.310. The molecule has 0 aliphatic carbocycles. The number of carbonyl (C=O) groups is 2. The van der Waals surface area contributed by atoms with Crippen molar-refractivity contribution in [2.45, 2.75) is 58.1 Å². The minimum atomic E-state index is -4.09. The summed E-state index contributed by atoms with van der Waals surface area (Å²) >= 11 is 3.38. The van der Waals surface area contributed by atoms with E-state index in [-0.39, 0.29) is 23.4 Å². The molecule has 0 heterocycles. The van der Waals surface area contributed by atoms with Crippen LogP contribution in [0.1, 0.15) is 37.5 Å². The van der Waals surface area contributed by atoms with Crippen LogP contribution in [0.4, 0.5) is 5.69 Å². The molecule has 0 unspecified atom stereocenters. The summed E-state index contributed by atoms with van der Waals surface area (Å²) in [6.07, 6.45) is 0. The lowest BCUT2D eigenvalue weighted by molar-refractivity contribution is -0.139. The van der Waals surface area contributed by atoms with E-state index in [0.717, 1.165) is 25.5 Å². The molecule has 0 radical (unpaired) electrons. The Balaban J connectivity index is 2.03. The maximum absolute atomic E-state index is 13.9. The summed E-state index contributed by atoms with van der Waals surface area (Å²) < 4.78 is 29.5. The van der Waals surface area contributed by atoms with Crippen LogP contribution >= 0.6 is 15.9 Å². The first-order valence-electron chi connectivity index (χ1n) is 12.4. The highest BCUT2D eigenvalue weighted by atomic mass is 79.9. The fourth-order valence-corrected chi connectivity index (χ4v) is 5.61. The number of carbonyl (C=O) groups excluding carboxylic acids is 2. The van der Waals surface area contributed by atoms with Crippen molar-refractivity contribution in [3.8, 4) is 0 Å². The van der Waals surface area contributed by atoms with Gasteiger partial charge in [-0.15, -0.1) is 0 Å². The number of benzene rings is 3. The van der Waals surface area contributed by atoms with Crippen LogP contribution in [0.5, 0.6) is 0 Å². The Hall–Kier alpha value is -3.17. The zero-order valence-electron chi connectivity index (χ0n) is 22.3. The van der Waals surface area contributed by atoms with Crippen LogP contribution in [-0.2, 0) is 26.2 Å². The summed E-state index contributed by atoms with van der Waals surface area (Å²) in [6.45, 7) is 8.86. The van der Waals surface area contributed by atoms with Crippen molar-refractivity contribution in [2.24, 2.45) is 0 Å². The lowest BCUT2D eigenvalue weighted by atomic mass is 10.1. The van der Waals surface area contributed by atoms with Gasteiger partial charge < -0.3 is 10.2 Å². The van der Waals surface area contributed by atoms with Gasteiger partial charge in [0.05, 0.1) is 10.6 Å². The highest BCUT2D eigenvalue weighted by molar-refractivity contribution is 9.10. The Morgan fingerprint density at radius 3 is 2.08 bits per heavy atom. The summed E-state index contributed by atoms with van der Waals surface area (Å²) in [5.41, 5.74) is 3.11. The average Bonchev–Trinajstić information content (AvgIpc) is 2.86. The number of halogens is 1. The van der Waals surface area contributed by atoms with Gasteiger partial charge in [-0.25, -0.2) is 8.42 Å². The molecule has 2 amide bonds.